The van der Waals surface area contributed by atoms with Crippen LogP contribution < -0.4 is 4.74 Å². The van der Waals surface area contributed by atoms with Crippen LogP contribution in [0.2, 0.25) is 5.02 Å². The molecular formula is C18H15ClFNO3S. The highest BCUT2D eigenvalue weighted by Crippen LogP contribution is 2.27. The Kier molecular flexibility index (Phi) is 5.50. The third-order valence-corrected chi connectivity index (χ3v) is 5.11. The number of hydrogen-bond donors (Lipinski definition) is 0. The molecule has 0 spiro atoms. The van der Waals surface area contributed by atoms with Gasteiger partial charge in [-0.25, -0.2) is 9.37 Å². The van der Waals surface area contributed by atoms with E-state index in [1.807, 2.05) is 12.1 Å². The summed E-state index contributed by atoms with van der Waals surface area (Å²) in [4.78, 5) is 4.33. The van der Waals surface area contributed by atoms with Gasteiger partial charge in [-0.3, -0.25) is 4.21 Å². The van der Waals surface area contributed by atoms with Gasteiger partial charge in [0, 0.05) is 16.6 Å². The molecule has 0 fully saturated rings. The van der Waals surface area contributed by atoms with Crippen molar-refractivity contribution in [1.29, 1.82) is 0 Å². The normalized spacial score (nSPS) is 12.1. The van der Waals surface area contributed by atoms with Gasteiger partial charge in [-0.2, -0.15) is 0 Å². The summed E-state index contributed by atoms with van der Waals surface area (Å²) >= 11 is 6.11. The summed E-state index contributed by atoms with van der Waals surface area (Å²) in [5.74, 6) is 0.500. The van der Waals surface area contributed by atoms with Crippen LogP contribution in [0.4, 0.5) is 4.39 Å². The fraction of sp³-hybridized carbons (Fsp3) is 0.167. The predicted molar refractivity (Wildman–Crippen MR) is 95.5 cm³/mol. The van der Waals surface area contributed by atoms with Gasteiger partial charge in [0.05, 0.1) is 29.1 Å². The van der Waals surface area contributed by atoms with E-state index in [0.29, 0.717) is 27.7 Å². The molecule has 0 aliphatic carbocycles. The molecule has 0 unspecified atom stereocenters. The average molecular weight is 380 g/mol. The largest absolute Gasteiger partial charge is 0.494 e. The lowest BCUT2D eigenvalue weighted by Gasteiger charge is -2.05. The lowest BCUT2D eigenvalue weighted by molar-refractivity contribution is 0.386. The van der Waals surface area contributed by atoms with Crippen LogP contribution in [-0.4, -0.2) is 16.3 Å². The summed E-state index contributed by atoms with van der Waals surface area (Å²) in [5, 5.41) is 0.533. The van der Waals surface area contributed by atoms with E-state index in [-0.39, 0.29) is 17.3 Å². The van der Waals surface area contributed by atoms with Crippen LogP contribution in [0, 0.1) is 5.82 Å². The SMILES string of the molecule is COc1ccc(C[S@@](=O)Cc2coc(-c3ccccc3Cl)n2)cc1F. The van der Waals surface area contributed by atoms with Crippen LogP contribution in [0.15, 0.2) is 53.1 Å². The molecule has 0 saturated carbocycles. The highest BCUT2D eigenvalue weighted by molar-refractivity contribution is 7.83. The summed E-state index contributed by atoms with van der Waals surface area (Å²) in [7, 11) is 0.150. The van der Waals surface area contributed by atoms with Gasteiger partial charge in [-0.05, 0) is 29.8 Å². The Morgan fingerprint density at radius 1 is 1.24 bits per heavy atom. The third kappa shape index (κ3) is 4.27. The van der Waals surface area contributed by atoms with Crippen LogP contribution in [-0.2, 0) is 22.3 Å². The van der Waals surface area contributed by atoms with Gasteiger partial charge >= 0.3 is 0 Å². The molecule has 7 heteroatoms. The summed E-state index contributed by atoms with van der Waals surface area (Å²) in [5.41, 5.74) is 1.87. The van der Waals surface area contributed by atoms with Crippen molar-refractivity contribution in [3.05, 3.63) is 70.8 Å². The molecule has 0 N–H and O–H groups in total. The molecule has 0 saturated heterocycles. The molecule has 0 aliphatic rings. The van der Waals surface area contributed by atoms with E-state index >= 15 is 0 Å². The highest BCUT2D eigenvalue weighted by Gasteiger charge is 2.13. The Labute approximate surface area is 152 Å². The Balaban J connectivity index is 1.68. The number of methoxy groups -OCH3 is 1. The van der Waals surface area contributed by atoms with E-state index in [9.17, 15) is 8.60 Å². The van der Waals surface area contributed by atoms with E-state index in [1.165, 1.54) is 25.5 Å². The zero-order chi connectivity index (χ0) is 17.8. The average Bonchev–Trinajstić information content (AvgIpc) is 3.03. The van der Waals surface area contributed by atoms with Gasteiger partial charge in [0.2, 0.25) is 5.89 Å². The number of ether oxygens (including phenoxy) is 1. The maximum Gasteiger partial charge on any atom is 0.227 e. The van der Waals surface area contributed by atoms with Crippen LogP contribution in [0.3, 0.4) is 0 Å². The number of hydrogen-bond acceptors (Lipinski definition) is 4. The molecule has 1 aromatic heterocycles. The minimum Gasteiger partial charge on any atom is -0.494 e. The fourth-order valence-electron chi connectivity index (χ4n) is 2.33. The van der Waals surface area contributed by atoms with Crippen molar-refractivity contribution in [3.8, 4) is 17.2 Å². The number of nitrogens with zero attached hydrogens (tertiary/aromatic N) is 1. The number of benzene rings is 2. The fourth-order valence-corrected chi connectivity index (χ4v) is 3.67. The molecule has 0 bridgehead atoms. The maximum atomic E-state index is 13.7. The van der Waals surface area contributed by atoms with Crippen molar-refractivity contribution in [2.75, 3.05) is 7.11 Å². The van der Waals surface area contributed by atoms with E-state index in [1.54, 1.807) is 18.2 Å². The Morgan fingerprint density at radius 2 is 2.04 bits per heavy atom. The van der Waals surface area contributed by atoms with Gasteiger partial charge in [-0.1, -0.05) is 29.8 Å². The quantitative estimate of drug-likeness (QED) is 0.628. The minimum absolute atomic E-state index is 0.162. The summed E-state index contributed by atoms with van der Waals surface area (Å²) < 4.78 is 36.3. The molecule has 25 heavy (non-hydrogen) atoms. The summed E-state index contributed by atoms with van der Waals surface area (Å²) in [6.07, 6.45) is 1.46. The van der Waals surface area contributed by atoms with Crippen molar-refractivity contribution >= 4 is 22.4 Å². The van der Waals surface area contributed by atoms with Crippen molar-refractivity contribution < 1.29 is 17.8 Å². The number of oxazole rings is 1. The summed E-state index contributed by atoms with van der Waals surface area (Å²) in [6.45, 7) is 0. The van der Waals surface area contributed by atoms with Gasteiger partial charge in [0.1, 0.15) is 6.26 Å². The van der Waals surface area contributed by atoms with Crippen molar-refractivity contribution in [2.24, 2.45) is 0 Å². The molecule has 3 rings (SSSR count). The van der Waals surface area contributed by atoms with Gasteiger partial charge in [0.25, 0.3) is 0 Å². The molecule has 1 atom stereocenters. The first kappa shape index (κ1) is 17.6. The zero-order valence-corrected chi connectivity index (χ0v) is 14.9. The monoisotopic (exact) mass is 379 g/mol. The molecule has 0 aliphatic heterocycles. The standard InChI is InChI=1S/C18H15ClFNO3S/c1-23-17-7-6-12(8-16(17)20)10-25(22)11-13-9-24-18(21-13)14-4-2-3-5-15(14)19/h2-9H,10-11H2,1H3/t25-/m1/s1. The maximum absolute atomic E-state index is 13.7. The molecule has 0 amide bonds. The van der Waals surface area contributed by atoms with Crippen molar-refractivity contribution in [1.82, 2.24) is 4.98 Å². The van der Waals surface area contributed by atoms with Crippen LogP contribution >= 0.6 is 11.6 Å². The number of halogens is 2. The number of aromatic nitrogens is 1. The topological polar surface area (TPSA) is 52.3 Å². The number of rotatable bonds is 6. The lowest BCUT2D eigenvalue weighted by atomic mass is 10.2. The second kappa shape index (κ2) is 7.80. The van der Waals surface area contributed by atoms with E-state index < -0.39 is 16.6 Å². The van der Waals surface area contributed by atoms with Gasteiger partial charge in [0.15, 0.2) is 11.6 Å². The van der Waals surface area contributed by atoms with Crippen LogP contribution in [0.1, 0.15) is 11.3 Å². The smallest absolute Gasteiger partial charge is 0.227 e. The molecule has 130 valence electrons. The molecule has 3 aromatic rings. The van der Waals surface area contributed by atoms with Crippen molar-refractivity contribution in [2.45, 2.75) is 11.5 Å². The highest BCUT2D eigenvalue weighted by atomic mass is 35.5. The lowest BCUT2D eigenvalue weighted by Crippen LogP contribution is -2.01. The minimum atomic E-state index is -1.25. The Hall–Kier alpha value is -2.18. The van der Waals surface area contributed by atoms with E-state index in [0.717, 1.165) is 0 Å². The van der Waals surface area contributed by atoms with E-state index in [4.69, 9.17) is 20.8 Å². The first-order chi connectivity index (χ1) is 12.1. The van der Waals surface area contributed by atoms with Crippen LogP contribution in [0.25, 0.3) is 11.5 Å². The van der Waals surface area contributed by atoms with Crippen molar-refractivity contribution in [3.63, 3.8) is 0 Å². The third-order valence-electron chi connectivity index (χ3n) is 3.51. The second-order valence-electron chi connectivity index (χ2n) is 5.32. The predicted octanol–water partition coefficient (Wildman–Crippen LogP) is 4.59. The first-order valence-corrected chi connectivity index (χ1v) is 9.30. The Morgan fingerprint density at radius 3 is 2.76 bits per heavy atom. The first-order valence-electron chi connectivity index (χ1n) is 7.43. The van der Waals surface area contributed by atoms with E-state index in [2.05, 4.69) is 4.98 Å². The molecule has 0 radical (unpaired) electrons. The summed E-state index contributed by atoms with van der Waals surface area (Å²) in [6, 6.07) is 11.7. The van der Waals surface area contributed by atoms with Gasteiger partial charge in [-0.15, -0.1) is 0 Å². The molecule has 1 heterocycles. The van der Waals surface area contributed by atoms with Crippen LogP contribution in [0.5, 0.6) is 5.75 Å². The Bertz CT molecular complexity index is 913. The molecule has 4 nitrogen and oxygen atoms in total. The molecule has 2 aromatic carbocycles. The second-order valence-corrected chi connectivity index (χ2v) is 7.19. The molecular weight excluding hydrogens is 365 g/mol. The zero-order valence-electron chi connectivity index (χ0n) is 13.4. The van der Waals surface area contributed by atoms with Gasteiger partial charge < -0.3 is 9.15 Å².